The summed E-state index contributed by atoms with van der Waals surface area (Å²) in [7, 11) is 0. The molecule has 3 nitrogen and oxygen atoms in total. The third kappa shape index (κ3) is 2.27. The third-order valence-corrected chi connectivity index (χ3v) is 4.06. The van der Waals surface area contributed by atoms with Crippen LogP contribution >= 0.6 is 0 Å². The number of ether oxygens (including phenoxy) is 1. The summed E-state index contributed by atoms with van der Waals surface area (Å²) < 4.78 is 4.90. The summed E-state index contributed by atoms with van der Waals surface area (Å²) in [5.41, 5.74) is 0. The average Bonchev–Trinajstić information content (AvgIpc) is 2.78. The summed E-state index contributed by atoms with van der Waals surface area (Å²) in [4.78, 5) is 11.3. The van der Waals surface area contributed by atoms with Crippen LogP contribution in [0.2, 0.25) is 0 Å². The largest absolute Gasteiger partial charge is 0.450 e. The molecule has 0 saturated heterocycles. The number of carbonyl (C=O) groups excluding carboxylic acids is 1. The van der Waals surface area contributed by atoms with Crippen LogP contribution in [0.4, 0.5) is 4.79 Å². The molecule has 0 heterocycles. The Kier molecular flexibility index (Phi) is 3.17. The molecule has 2 bridgehead atoms. The first-order chi connectivity index (χ1) is 7.20. The lowest BCUT2D eigenvalue weighted by molar-refractivity contribution is 0.140. The molecule has 0 spiro atoms. The number of fused-ring (bicyclic) bond motifs is 2. The van der Waals surface area contributed by atoms with E-state index >= 15 is 0 Å². The highest BCUT2D eigenvalue weighted by Crippen LogP contribution is 2.49. The fourth-order valence-electron chi connectivity index (χ4n) is 3.37. The first-order valence-corrected chi connectivity index (χ1v) is 6.14. The van der Waals surface area contributed by atoms with E-state index in [9.17, 15) is 4.79 Å². The molecule has 2 aliphatic carbocycles. The van der Waals surface area contributed by atoms with Gasteiger partial charge in [-0.15, -0.1) is 0 Å². The van der Waals surface area contributed by atoms with Gasteiger partial charge in [0.05, 0.1) is 6.61 Å². The van der Waals surface area contributed by atoms with E-state index in [1.165, 1.54) is 25.7 Å². The van der Waals surface area contributed by atoms with Crippen molar-refractivity contribution in [3.63, 3.8) is 0 Å². The molecule has 2 saturated carbocycles. The molecule has 0 radical (unpaired) electrons. The van der Waals surface area contributed by atoms with E-state index < -0.39 is 0 Å². The number of amides is 1. The normalized spacial score (nSPS) is 35.2. The van der Waals surface area contributed by atoms with Crippen molar-refractivity contribution in [1.82, 2.24) is 5.32 Å². The van der Waals surface area contributed by atoms with Crippen LogP contribution in [-0.2, 0) is 4.74 Å². The van der Waals surface area contributed by atoms with Crippen LogP contribution in [0.3, 0.4) is 0 Å². The summed E-state index contributed by atoms with van der Waals surface area (Å²) in [6.45, 7) is 4.40. The van der Waals surface area contributed by atoms with Gasteiger partial charge in [0.15, 0.2) is 0 Å². The lowest BCUT2D eigenvalue weighted by atomic mass is 9.84. The third-order valence-electron chi connectivity index (χ3n) is 4.06. The zero-order valence-corrected chi connectivity index (χ0v) is 9.66. The highest BCUT2D eigenvalue weighted by atomic mass is 16.5. The molecule has 0 aromatic heterocycles. The van der Waals surface area contributed by atoms with Crippen molar-refractivity contribution in [2.24, 2.45) is 17.8 Å². The van der Waals surface area contributed by atoms with Gasteiger partial charge in [-0.1, -0.05) is 6.42 Å². The van der Waals surface area contributed by atoms with Crippen molar-refractivity contribution < 1.29 is 9.53 Å². The molecule has 0 aromatic carbocycles. The van der Waals surface area contributed by atoms with Crippen LogP contribution in [0.1, 0.15) is 39.5 Å². The zero-order chi connectivity index (χ0) is 10.8. The molecule has 4 atom stereocenters. The maximum absolute atomic E-state index is 11.3. The Morgan fingerprint density at radius 3 is 2.80 bits per heavy atom. The second-order valence-corrected chi connectivity index (χ2v) is 4.99. The van der Waals surface area contributed by atoms with Gasteiger partial charge >= 0.3 is 6.09 Å². The Hall–Kier alpha value is -0.730. The van der Waals surface area contributed by atoms with Gasteiger partial charge in [-0.05, 0) is 50.9 Å². The van der Waals surface area contributed by atoms with Crippen LogP contribution in [-0.4, -0.2) is 18.7 Å². The molecule has 4 unspecified atom stereocenters. The molecular formula is C12H21NO2. The second-order valence-electron chi connectivity index (χ2n) is 4.99. The topological polar surface area (TPSA) is 38.3 Å². The molecule has 3 heteroatoms. The van der Waals surface area contributed by atoms with Gasteiger partial charge in [-0.2, -0.15) is 0 Å². The Labute approximate surface area is 91.6 Å². The minimum atomic E-state index is -0.257. The van der Waals surface area contributed by atoms with E-state index in [0.29, 0.717) is 12.5 Å². The molecule has 0 aromatic rings. The van der Waals surface area contributed by atoms with Crippen LogP contribution in [0, 0.1) is 17.8 Å². The Balaban J connectivity index is 1.81. The quantitative estimate of drug-likeness (QED) is 0.779. The van der Waals surface area contributed by atoms with Crippen LogP contribution in [0.5, 0.6) is 0 Å². The number of alkyl carbamates (subject to hydrolysis) is 1. The Bertz CT molecular complexity index is 242. The van der Waals surface area contributed by atoms with E-state index in [4.69, 9.17) is 4.74 Å². The molecule has 1 N–H and O–H groups in total. The molecule has 2 aliphatic rings. The van der Waals surface area contributed by atoms with Crippen molar-refractivity contribution in [3.8, 4) is 0 Å². The van der Waals surface area contributed by atoms with Crippen LogP contribution in [0.15, 0.2) is 0 Å². The monoisotopic (exact) mass is 211 g/mol. The van der Waals surface area contributed by atoms with Gasteiger partial charge in [0, 0.05) is 6.04 Å². The van der Waals surface area contributed by atoms with Gasteiger partial charge in [0.25, 0.3) is 0 Å². The first kappa shape index (κ1) is 10.8. The van der Waals surface area contributed by atoms with Crippen LogP contribution in [0.25, 0.3) is 0 Å². The standard InChI is InChI=1S/C12H21NO2/c1-3-15-12(14)13-8(2)11-7-9-4-5-10(11)6-9/h8-11H,3-7H2,1-2H3,(H,13,14). The Morgan fingerprint density at radius 1 is 1.47 bits per heavy atom. The highest BCUT2D eigenvalue weighted by molar-refractivity contribution is 5.67. The molecule has 2 fully saturated rings. The first-order valence-electron chi connectivity index (χ1n) is 6.14. The molecule has 1 amide bonds. The molecule has 86 valence electrons. The van der Waals surface area contributed by atoms with E-state index in [1.807, 2.05) is 6.92 Å². The summed E-state index contributed by atoms with van der Waals surface area (Å²) >= 11 is 0. The maximum atomic E-state index is 11.3. The number of rotatable bonds is 3. The summed E-state index contributed by atoms with van der Waals surface area (Å²) in [5.74, 6) is 2.48. The zero-order valence-electron chi connectivity index (χ0n) is 9.66. The van der Waals surface area contributed by atoms with Crippen molar-refractivity contribution in [2.45, 2.75) is 45.6 Å². The number of nitrogens with one attached hydrogen (secondary N) is 1. The molecular weight excluding hydrogens is 190 g/mol. The maximum Gasteiger partial charge on any atom is 0.407 e. The molecule has 15 heavy (non-hydrogen) atoms. The van der Waals surface area contributed by atoms with Gasteiger partial charge in [0.1, 0.15) is 0 Å². The number of carbonyl (C=O) groups is 1. The van der Waals surface area contributed by atoms with Gasteiger partial charge in [-0.25, -0.2) is 4.79 Å². The fraction of sp³-hybridized carbons (Fsp3) is 0.917. The SMILES string of the molecule is CCOC(=O)NC(C)C1CC2CCC1C2. The predicted octanol–water partition coefficient (Wildman–Crippen LogP) is 2.56. The average molecular weight is 211 g/mol. The minimum absolute atomic E-state index is 0.257. The van der Waals surface area contributed by atoms with Crippen molar-refractivity contribution in [1.29, 1.82) is 0 Å². The molecule has 2 rings (SSSR count). The van der Waals surface area contributed by atoms with Crippen molar-refractivity contribution >= 4 is 6.09 Å². The molecule has 0 aliphatic heterocycles. The smallest absolute Gasteiger partial charge is 0.407 e. The van der Waals surface area contributed by atoms with Crippen molar-refractivity contribution in [3.05, 3.63) is 0 Å². The van der Waals surface area contributed by atoms with E-state index in [-0.39, 0.29) is 12.1 Å². The summed E-state index contributed by atoms with van der Waals surface area (Å²) in [6.07, 6.45) is 5.21. The predicted molar refractivity (Wildman–Crippen MR) is 58.6 cm³/mol. The number of hydrogen-bond acceptors (Lipinski definition) is 2. The van der Waals surface area contributed by atoms with E-state index in [1.54, 1.807) is 0 Å². The lowest BCUT2D eigenvalue weighted by Crippen LogP contribution is -2.40. The summed E-state index contributed by atoms with van der Waals surface area (Å²) in [5, 5.41) is 2.95. The van der Waals surface area contributed by atoms with E-state index in [0.717, 1.165) is 11.8 Å². The fourth-order valence-corrected chi connectivity index (χ4v) is 3.37. The van der Waals surface area contributed by atoms with Gasteiger partial charge in [0.2, 0.25) is 0 Å². The van der Waals surface area contributed by atoms with Gasteiger partial charge < -0.3 is 10.1 Å². The van der Waals surface area contributed by atoms with Crippen molar-refractivity contribution in [2.75, 3.05) is 6.61 Å². The Morgan fingerprint density at radius 2 is 2.27 bits per heavy atom. The van der Waals surface area contributed by atoms with E-state index in [2.05, 4.69) is 12.2 Å². The van der Waals surface area contributed by atoms with Crippen LogP contribution < -0.4 is 5.32 Å². The minimum Gasteiger partial charge on any atom is -0.450 e. The van der Waals surface area contributed by atoms with Gasteiger partial charge in [-0.3, -0.25) is 0 Å². The summed E-state index contributed by atoms with van der Waals surface area (Å²) in [6, 6.07) is 0.277. The highest BCUT2D eigenvalue weighted by Gasteiger charge is 2.42. The number of hydrogen-bond donors (Lipinski definition) is 1. The second kappa shape index (κ2) is 4.42. The lowest BCUT2D eigenvalue weighted by Gasteiger charge is -2.28.